The quantitative estimate of drug-likeness (QED) is 0.845. The Labute approximate surface area is 129 Å². The molecule has 0 aromatic heterocycles. The van der Waals surface area contributed by atoms with Crippen molar-refractivity contribution in [2.45, 2.75) is 46.7 Å². The van der Waals surface area contributed by atoms with Crippen LogP contribution in [0, 0.1) is 18.8 Å². The zero-order valence-electron chi connectivity index (χ0n) is 13.9. The summed E-state index contributed by atoms with van der Waals surface area (Å²) in [6.45, 7) is 12.2. The van der Waals surface area contributed by atoms with Gasteiger partial charge in [0.1, 0.15) is 0 Å². The summed E-state index contributed by atoms with van der Waals surface area (Å²) in [5.41, 5.74) is 3.95. The Morgan fingerprint density at radius 3 is 2.76 bits per heavy atom. The third-order valence-corrected chi connectivity index (χ3v) is 4.60. The van der Waals surface area contributed by atoms with E-state index >= 15 is 0 Å². The van der Waals surface area contributed by atoms with Gasteiger partial charge in [-0.1, -0.05) is 26.8 Å². The van der Waals surface area contributed by atoms with E-state index in [1.807, 2.05) is 0 Å². The van der Waals surface area contributed by atoms with Crippen molar-refractivity contribution in [1.82, 2.24) is 5.32 Å². The fourth-order valence-electron chi connectivity index (χ4n) is 3.16. The van der Waals surface area contributed by atoms with Crippen LogP contribution in [0.1, 0.15) is 38.3 Å². The molecule has 1 saturated heterocycles. The number of aliphatic hydroxyl groups excluding tert-OH is 1. The van der Waals surface area contributed by atoms with Crippen LogP contribution in [-0.4, -0.2) is 30.8 Å². The summed E-state index contributed by atoms with van der Waals surface area (Å²) in [7, 11) is 0. The van der Waals surface area contributed by atoms with Crippen LogP contribution in [0.4, 0.5) is 5.69 Å². The number of hydrogen-bond donors (Lipinski definition) is 2. The maximum absolute atomic E-state index is 9.61. The Kier molecular flexibility index (Phi) is 5.65. The van der Waals surface area contributed by atoms with Crippen molar-refractivity contribution in [3.05, 3.63) is 29.3 Å². The molecule has 118 valence electrons. The molecule has 0 aliphatic carbocycles. The van der Waals surface area contributed by atoms with Crippen LogP contribution >= 0.6 is 0 Å². The Morgan fingerprint density at radius 1 is 1.38 bits per heavy atom. The lowest BCUT2D eigenvalue weighted by Gasteiger charge is -2.28. The second-order valence-corrected chi connectivity index (χ2v) is 6.84. The predicted octanol–water partition coefficient (Wildman–Crippen LogP) is 2.95. The molecule has 2 atom stereocenters. The number of anilines is 1. The number of aryl methyl sites for hydroxylation is 1. The van der Waals surface area contributed by atoms with E-state index in [9.17, 15) is 5.11 Å². The van der Waals surface area contributed by atoms with E-state index in [0.29, 0.717) is 11.8 Å². The van der Waals surface area contributed by atoms with E-state index < -0.39 is 0 Å². The van der Waals surface area contributed by atoms with Gasteiger partial charge in [-0.2, -0.15) is 0 Å². The van der Waals surface area contributed by atoms with Gasteiger partial charge in [0, 0.05) is 18.8 Å². The van der Waals surface area contributed by atoms with Crippen molar-refractivity contribution in [1.29, 1.82) is 0 Å². The third kappa shape index (κ3) is 3.98. The first-order valence-electron chi connectivity index (χ1n) is 8.20. The Bertz CT molecular complexity index is 459. The highest BCUT2D eigenvalue weighted by Crippen LogP contribution is 2.30. The highest BCUT2D eigenvalue weighted by Gasteiger charge is 2.30. The Morgan fingerprint density at radius 2 is 2.14 bits per heavy atom. The lowest BCUT2D eigenvalue weighted by Crippen LogP contribution is -2.35. The first-order chi connectivity index (χ1) is 10.0. The molecule has 0 bridgehead atoms. The first-order valence-corrected chi connectivity index (χ1v) is 8.20. The van der Waals surface area contributed by atoms with Gasteiger partial charge in [0.25, 0.3) is 0 Å². The van der Waals surface area contributed by atoms with Gasteiger partial charge in [-0.3, -0.25) is 0 Å². The molecule has 2 unspecified atom stereocenters. The molecule has 2 rings (SSSR count). The molecule has 1 aliphatic rings. The number of rotatable bonds is 6. The number of nitrogens with one attached hydrogen (secondary N) is 1. The van der Waals surface area contributed by atoms with E-state index in [0.717, 1.165) is 19.6 Å². The molecular formula is C18H30N2O. The fraction of sp³-hybridized carbons (Fsp3) is 0.667. The molecule has 1 aliphatic heterocycles. The largest absolute Gasteiger partial charge is 0.394 e. The normalized spacial score (nSPS) is 22.3. The molecule has 3 heteroatoms. The van der Waals surface area contributed by atoms with Crippen LogP contribution in [0.5, 0.6) is 0 Å². The summed E-state index contributed by atoms with van der Waals surface area (Å²) >= 11 is 0. The van der Waals surface area contributed by atoms with Gasteiger partial charge in [0.05, 0.1) is 12.6 Å². The van der Waals surface area contributed by atoms with E-state index in [1.54, 1.807) is 0 Å². The van der Waals surface area contributed by atoms with Gasteiger partial charge in [0.15, 0.2) is 0 Å². The maximum Gasteiger partial charge on any atom is 0.0637 e. The molecule has 2 N–H and O–H groups in total. The molecule has 1 aromatic rings. The third-order valence-electron chi connectivity index (χ3n) is 4.60. The summed E-state index contributed by atoms with van der Waals surface area (Å²) in [5, 5.41) is 13.1. The van der Waals surface area contributed by atoms with Gasteiger partial charge < -0.3 is 15.3 Å². The summed E-state index contributed by atoms with van der Waals surface area (Å²) in [5.74, 6) is 1.25. The topological polar surface area (TPSA) is 35.5 Å². The Balaban J connectivity index is 2.05. The minimum atomic E-state index is 0.248. The van der Waals surface area contributed by atoms with Gasteiger partial charge in [-0.25, -0.2) is 0 Å². The fourth-order valence-corrected chi connectivity index (χ4v) is 3.16. The van der Waals surface area contributed by atoms with Crippen LogP contribution in [0.3, 0.4) is 0 Å². The van der Waals surface area contributed by atoms with Gasteiger partial charge in [-0.05, 0) is 55.0 Å². The van der Waals surface area contributed by atoms with Crippen LogP contribution in [0.15, 0.2) is 18.2 Å². The monoisotopic (exact) mass is 290 g/mol. The minimum Gasteiger partial charge on any atom is -0.394 e. The molecule has 0 amide bonds. The van der Waals surface area contributed by atoms with E-state index in [4.69, 9.17) is 0 Å². The Hall–Kier alpha value is -1.06. The molecule has 1 heterocycles. The second-order valence-electron chi connectivity index (χ2n) is 6.84. The van der Waals surface area contributed by atoms with Crippen LogP contribution in [0.25, 0.3) is 0 Å². The lowest BCUT2D eigenvalue weighted by atomic mass is 10.0. The number of hydrogen-bond acceptors (Lipinski definition) is 3. The van der Waals surface area contributed by atoms with Crippen molar-refractivity contribution in [3.8, 4) is 0 Å². The van der Waals surface area contributed by atoms with Crippen molar-refractivity contribution in [3.63, 3.8) is 0 Å². The molecular weight excluding hydrogens is 260 g/mol. The lowest BCUT2D eigenvalue weighted by molar-refractivity contribution is 0.245. The summed E-state index contributed by atoms with van der Waals surface area (Å²) in [4.78, 5) is 2.36. The van der Waals surface area contributed by atoms with Crippen molar-refractivity contribution in [2.75, 3.05) is 24.6 Å². The molecule has 0 spiro atoms. The molecule has 1 aromatic carbocycles. The maximum atomic E-state index is 9.61. The molecule has 0 saturated carbocycles. The van der Waals surface area contributed by atoms with Crippen molar-refractivity contribution < 1.29 is 5.11 Å². The summed E-state index contributed by atoms with van der Waals surface area (Å²) in [6, 6.07) is 6.98. The SMILES string of the molecule is Cc1cc(N2CCC(C)C2CO)ccc1CNCC(C)C. The zero-order valence-corrected chi connectivity index (χ0v) is 13.9. The number of nitrogens with zero attached hydrogens (tertiary/aromatic N) is 1. The molecule has 3 nitrogen and oxygen atoms in total. The summed E-state index contributed by atoms with van der Waals surface area (Å²) < 4.78 is 0. The van der Waals surface area contributed by atoms with Crippen LogP contribution in [-0.2, 0) is 6.54 Å². The average molecular weight is 290 g/mol. The van der Waals surface area contributed by atoms with Crippen molar-refractivity contribution >= 4 is 5.69 Å². The van der Waals surface area contributed by atoms with E-state index in [2.05, 4.69) is 56.1 Å². The highest BCUT2D eigenvalue weighted by atomic mass is 16.3. The predicted molar refractivity (Wildman–Crippen MR) is 89.7 cm³/mol. The van der Waals surface area contributed by atoms with Gasteiger partial charge >= 0.3 is 0 Å². The number of aliphatic hydroxyl groups is 1. The van der Waals surface area contributed by atoms with Crippen LogP contribution in [0.2, 0.25) is 0 Å². The highest BCUT2D eigenvalue weighted by molar-refractivity contribution is 5.52. The smallest absolute Gasteiger partial charge is 0.0637 e. The average Bonchev–Trinajstić information content (AvgIpc) is 2.81. The summed E-state index contributed by atoms with van der Waals surface area (Å²) in [6.07, 6.45) is 1.17. The van der Waals surface area contributed by atoms with E-state index in [1.165, 1.54) is 23.2 Å². The standard InChI is InChI=1S/C18H30N2O/c1-13(2)10-19-11-16-5-6-17(9-15(16)4)20-8-7-14(3)18(20)12-21/h5-6,9,13-14,18-19,21H,7-8,10-12H2,1-4H3. The van der Waals surface area contributed by atoms with E-state index in [-0.39, 0.29) is 12.6 Å². The number of benzene rings is 1. The van der Waals surface area contributed by atoms with Crippen LogP contribution < -0.4 is 10.2 Å². The minimum absolute atomic E-state index is 0.248. The molecule has 0 radical (unpaired) electrons. The first kappa shape index (κ1) is 16.3. The molecule has 1 fully saturated rings. The molecule has 21 heavy (non-hydrogen) atoms. The van der Waals surface area contributed by atoms with Gasteiger partial charge in [0.2, 0.25) is 0 Å². The zero-order chi connectivity index (χ0) is 15.4. The van der Waals surface area contributed by atoms with Crippen molar-refractivity contribution in [2.24, 2.45) is 11.8 Å². The van der Waals surface area contributed by atoms with Gasteiger partial charge in [-0.15, -0.1) is 0 Å². The second kappa shape index (κ2) is 7.28.